The maximum atomic E-state index is 5.51. The number of nitrogens with one attached hydrogen (secondary N) is 1. The van der Waals surface area contributed by atoms with Crippen LogP contribution < -0.4 is 14.8 Å². The normalized spacial score (nSPS) is 13.1. The number of fused-ring (bicyclic) bond motifs is 1. The molecular formula is C12H17NO3. The van der Waals surface area contributed by atoms with Gasteiger partial charge in [-0.05, 0) is 31.6 Å². The molecule has 0 bridgehead atoms. The van der Waals surface area contributed by atoms with Crippen molar-refractivity contribution >= 4 is 0 Å². The van der Waals surface area contributed by atoms with Crippen molar-refractivity contribution in [2.45, 2.75) is 13.0 Å². The number of ether oxygens (including phenoxy) is 3. The summed E-state index contributed by atoms with van der Waals surface area (Å²) in [6.45, 7) is 1.84. The average molecular weight is 223 g/mol. The minimum atomic E-state index is 0.318. The highest BCUT2D eigenvalue weighted by molar-refractivity contribution is 5.52. The Balaban J connectivity index is 2.30. The molecule has 0 radical (unpaired) electrons. The largest absolute Gasteiger partial charge is 0.454 e. The molecule has 0 unspecified atom stereocenters. The van der Waals surface area contributed by atoms with Gasteiger partial charge in [-0.1, -0.05) is 6.07 Å². The van der Waals surface area contributed by atoms with Gasteiger partial charge < -0.3 is 19.5 Å². The highest BCUT2D eigenvalue weighted by atomic mass is 16.7. The molecule has 1 aliphatic rings. The smallest absolute Gasteiger partial charge is 0.231 e. The zero-order valence-corrected chi connectivity index (χ0v) is 9.71. The number of benzene rings is 1. The summed E-state index contributed by atoms with van der Waals surface area (Å²) in [6, 6.07) is 3.99. The Morgan fingerprint density at radius 1 is 1.38 bits per heavy atom. The zero-order chi connectivity index (χ0) is 11.4. The lowest BCUT2D eigenvalue weighted by atomic mass is 10.0. The summed E-state index contributed by atoms with van der Waals surface area (Å²) in [5.41, 5.74) is 2.35. The van der Waals surface area contributed by atoms with Gasteiger partial charge in [-0.25, -0.2) is 0 Å². The van der Waals surface area contributed by atoms with Crippen LogP contribution in [0.2, 0.25) is 0 Å². The Kier molecular flexibility index (Phi) is 3.64. The highest BCUT2D eigenvalue weighted by Crippen LogP contribution is 2.37. The maximum absolute atomic E-state index is 5.51. The molecular weight excluding hydrogens is 206 g/mol. The first kappa shape index (κ1) is 11.2. The molecule has 2 rings (SSSR count). The van der Waals surface area contributed by atoms with E-state index >= 15 is 0 Å². The van der Waals surface area contributed by atoms with E-state index in [1.165, 1.54) is 11.1 Å². The van der Waals surface area contributed by atoms with Gasteiger partial charge in [0.1, 0.15) is 0 Å². The number of hydrogen-bond donors (Lipinski definition) is 1. The van der Waals surface area contributed by atoms with E-state index in [1.54, 1.807) is 7.11 Å². The monoisotopic (exact) mass is 223 g/mol. The van der Waals surface area contributed by atoms with Gasteiger partial charge in [0.2, 0.25) is 6.79 Å². The molecule has 0 aromatic heterocycles. The minimum Gasteiger partial charge on any atom is -0.454 e. The summed E-state index contributed by atoms with van der Waals surface area (Å²) in [5, 5.41) is 3.14. The third kappa shape index (κ3) is 2.13. The Hall–Kier alpha value is -1.26. The molecule has 0 saturated heterocycles. The number of likely N-dealkylation sites (N-methyl/N-ethyl adjacent to an activating group) is 1. The second-order valence-electron chi connectivity index (χ2n) is 3.72. The molecule has 1 aromatic rings. The van der Waals surface area contributed by atoms with Gasteiger partial charge in [0, 0.05) is 12.7 Å². The van der Waals surface area contributed by atoms with E-state index in [1.807, 2.05) is 19.2 Å². The first-order valence-corrected chi connectivity index (χ1v) is 5.40. The van der Waals surface area contributed by atoms with E-state index in [9.17, 15) is 0 Å². The van der Waals surface area contributed by atoms with Crippen LogP contribution in [0.3, 0.4) is 0 Å². The topological polar surface area (TPSA) is 39.7 Å². The van der Waals surface area contributed by atoms with Crippen molar-refractivity contribution in [1.29, 1.82) is 0 Å². The molecule has 0 spiro atoms. The predicted octanol–water partition coefficient (Wildman–Crippen LogP) is 1.32. The quantitative estimate of drug-likeness (QED) is 0.817. The molecule has 1 aliphatic heterocycles. The number of methoxy groups -OCH3 is 1. The summed E-state index contributed by atoms with van der Waals surface area (Å²) in [6.07, 6.45) is 0.918. The first-order valence-electron chi connectivity index (χ1n) is 5.40. The lowest BCUT2D eigenvalue weighted by molar-refractivity contribution is 0.172. The second kappa shape index (κ2) is 5.18. The Morgan fingerprint density at radius 3 is 3.00 bits per heavy atom. The molecule has 0 atom stereocenters. The third-order valence-corrected chi connectivity index (χ3v) is 2.66. The molecule has 0 fully saturated rings. The van der Waals surface area contributed by atoms with Crippen molar-refractivity contribution in [2.24, 2.45) is 0 Å². The lowest BCUT2D eigenvalue weighted by Gasteiger charge is -2.11. The van der Waals surface area contributed by atoms with Crippen LogP contribution in [0.4, 0.5) is 0 Å². The van der Waals surface area contributed by atoms with Crippen molar-refractivity contribution in [1.82, 2.24) is 5.32 Å². The Labute approximate surface area is 95.5 Å². The van der Waals surface area contributed by atoms with Crippen molar-refractivity contribution in [3.05, 3.63) is 23.3 Å². The van der Waals surface area contributed by atoms with Crippen LogP contribution in [0, 0.1) is 0 Å². The van der Waals surface area contributed by atoms with Crippen molar-refractivity contribution in [3.8, 4) is 11.5 Å². The van der Waals surface area contributed by atoms with E-state index in [0.29, 0.717) is 13.4 Å². The molecule has 4 heteroatoms. The summed E-state index contributed by atoms with van der Waals surface area (Å²) < 4.78 is 16.1. The van der Waals surface area contributed by atoms with Crippen molar-refractivity contribution in [2.75, 3.05) is 27.5 Å². The van der Waals surface area contributed by atoms with Crippen LogP contribution in [0.15, 0.2) is 12.1 Å². The molecule has 0 aliphatic carbocycles. The zero-order valence-electron chi connectivity index (χ0n) is 9.71. The maximum Gasteiger partial charge on any atom is 0.231 e. The molecule has 88 valence electrons. The predicted molar refractivity (Wildman–Crippen MR) is 60.9 cm³/mol. The SMILES string of the molecule is CNCCc1c(COC)ccc2c1OCO2. The van der Waals surface area contributed by atoms with Crippen LogP contribution in [0.25, 0.3) is 0 Å². The van der Waals surface area contributed by atoms with Crippen LogP contribution in [0.5, 0.6) is 11.5 Å². The fourth-order valence-corrected chi connectivity index (χ4v) is 1.89. The lowest BCUT2D eigenvalue weighted by Crippen LogP contribution is -2.12. The molecule has 0 saturated carbocycles. The van der Waals surface area contributed by atoms with Gasteiger partial charge >= 0.3 is 0 Å². The van der Waals surface area contributed by atoms with Crippen molar-refractivity contribution in [3.63, 3.8) is 0 Å². The highest BCUT2D eigenvalue weighted by Gasteiger charge is 2.20. The summed E-state index contributed by atoms with van der Waals surface area (Å²) in [7, 11) is 3.64. The first-order chi connectivity index (χ1) is 7.86. The summed E-state index contributed by atoms with van der Waals surface area (Å²) in [4.78, 5) is 0. The van der Waals surface area contributed by atoms with Gasteiger partial charge in [-0.3, -0.25) is 0 Å². The fraction of sp³-hybridized carbons (Fsp3) is 0.500. The number of rotatable bonds is 5. The Bertz CT molecular complexity index is 366. The summed E-state index contributed by atoms with van der Waals surface area (Å²) >= 11 is 0. The van der Waals surface area contributed by atoms with Crippen LogP contribution >= 0.6 is 0 Å². The molecule has 4 nitrogen and oxygen atoms in total. The Morgan fingerprint density at radius 2 is 2.25 bits per heavy atom. The summed E-state index contributed by atoms with van der Waals surface area (Å²) in [5.74, 6) is 1.72. The van der Waals surface area contributed by atoms with Crippen molar-refractivity contribution < 1.29 is 14.2 Å². The standard InChI is InChI=1S/C12H17NO3/c1-13-6-5-10-9(7-14-2)3-4-11-12(10)16-8-15-11/h3-4,13H,5-8H2,1-2H3. The van der Waals surface area contributed by atoms with Gasteiger partial charge in [-0.2, -0.15) is 0 Å². The van der Waals surface area contributed by atoms with Gasteiger partial charge in [-0.15, -0.1) is 0 Å². The minimum absolute atomic E-state index is 0.318. The molecule has 16 heavy (non-hydrogen) atoms. The van der Waals surface area contributed by atoms with Gasteiger partial charge in [0.15, 0.2) is 11.5 Å². The van der Waals surface area contributed by atoms with Crippen LogP contribution in [-0.4, -0.2) is 27.5 Å². The van der Waals surface area contributed by atoms with E-state index in [4.69, 9.17) is 14.2 Å². The van der Waals surface area contributed by atoms with Crippen LogP contribution in [-0.2, 0) is 17.8 Å². The fourth-order valence-electron chi connectivity index (χ4n) is 1.89. The van der Waals surface area contributed by atoms with E-state index < -0.39 is 0 Å². The molecule has 1 aromatic carbocycles. The number of hydrogen-bond acceptors (Lipinski definition) is 4. The van der Waals surface area contributed by atoms with E-state index in [2.05, 4.69) is 5.32 Å². The van der Waals surface area contributed by atoms with Gasteiger partial charge in [0.25, 0.3) is 0 Å². The molecule has 0 amide bonds. The average Bonchev–Trinajstić information content (AvgIpc) is 2.76. The molecule has 1 N–H and O–H groups in total. The second-order valence-corrected chi connectivity index (χ2v) is 3.72. The molecule has 1 heterocycles. The third-order valence-electron chi connectivity index (χ3n) is 2.66. The van der Waals surface area contributed by atoms with Gasteiger partial charge in [0.05, 0.1) is 6.61 Å². The van der Waals surface area contributed by atoms with E-state index in [0.717, 1.165) is 24.5 Å². The van der Waals surface area contributed by atoms with E-state index in [-0.39, 0.29) is 0 Å². The van der Waals surface area contributed by atoms with Crippen LogP contribution in [0.1, 0.15) is 11.1 Å².